The summed E-state index contributed by atoms with van der Waals surface area (Å²) in [5.74, 6) is 4.84. The third-order valence-electron chi connectivity index (χ3n) is 3.75. The van der Waals surface area contributed by atoms with E-state index in [1.165, 1.54) is 6.07 Å². The fraction of sp³-hybridized carbons (Fsp3) is 0.462. The largest absolute Gasteiger partial charge is 0.368 e. The first-order chi connectivity index (χ1) is 10.0. The Balaban J connectivity index is 2.47. The SMILES string of the molecule is NNc1cccc(N(CC(N)=O)C2CCCC2)c1[N+](=O)[O-]. The van der Waals surface area contributed by atoms with E-state index in [4.69, 9.17) is 11.6 Å². The summed E-state index contributed by atoms with van der Waals surface area (Å²) in [6, 6.07) is 4.91. The highest BCUT2D eigenvalue weighted by molar-refractivity contribution is 5.84. The van der Waals surface area contributed by atoms with E-state index in [0.29, 0.717) is 5.69 Å². The van der Waals surface area contributed by atoms with E-state index < -0.39 is 10.8 Å². The van der Waals surface area contributed by atoms with Crippen molar-refractivity contribution in [2.24, 2.45) is 11.6 Å². The molecule has 0 unspecified atom stereocenters. The number of amides is 1. The average molecular weight is 293 g/mol. The minimum atomic E-state index is -0.512. The van der Waals surface area contributed by atoms with E-state index >= 15 is 0 Å². The topological polar surface area (TPSA) is 128 Å². The normalized spacial score (nSPS) is 14.9. The van der Waals surface area contributed by atoms with Crippen molar-refractivity contribution in [3.8, 4) is 0 Å². The number of nitrogens with zero attached hydrogens (tertiary/aromatic N) is 2. The lowest BCUT2D eigenvalue weighted by molar-refractivity contribution is -0.383. The van der Waals surface area contributed by atoms with Crippen LogP contribution in [-0.4, -0.2) is 23.4 Å². The lowest BCUT2D eigenvalue weighted by Gasteiger charge is -2.29. The van der Waals surface area contributed by atoms with Crippen LogP contribution in [0.2, 0.25) is 0 Å². The van der Waals surface area contributed by atoms with Crippen molar-refractivity contribution in [3.63, 3.8) is 0 Å². The maximum Gasteiger partial charge on any atom is 0.316 e. The summed E-state index contributed by atoms with van der Waals surface area (Å²) in [6.07, 6.45) is 3.88. The van der Waals surface area contributed by atoms with Crippen LogP contribution in [0.5, 0.6) is 0 Å². The molecule has 1 aliphatic rings. The maximum atomic E-state index is 11.4. The van der Waals surface area contributed by atoms with Crippen molar-refractivity contribution in [1.82, 2.24) is 0 Å². The predicted octanol–water partition coefficient (Wildman–Crippen LogP) is 1.11. The molecule has 8 nitrogen and oxygen atoms in total. The lowest BCUT2D eigenvalue weighted by Crippen LogP contribution is -2.40. The Hall–Kier alpha value is -2.35. The summed E-state index contributed by atoms with van der Waals surface area (Å²) < 4.78 is 0. The first-order valence-electron chi connectivity index (χ1n) is 6.83. The number of rotatable bonds is 6. The molecule has 0 atom stereocenters. The number of para-hydroxylation sites is 1. The van der Waals surface area contributed by atoms with Crippen LogP contribution in [0.4, 0.5) is 17.1 Å². The number of hydrogen-bond acceptors (Lipinski definition) is 6. The number of nitrogens with one attached hydrogen (secondary N) is 1. The van der Waals surface area contributed by atoms with Gasteiger partial charge in [0.15, 0.2) is 0 Å². The van der Waals surface area contributed by atoms with E-state index in [-0.39, 0.29) is 24.0 Å². The third-order valence-corrected chi connectivity index (χ3v) is 3.75. The fourth-order valence-electron chi connectivity index (χ4n) is 2.87. The van der Waals surface area contributed by atoms with Crippen LogP contribution in [0.3, 0.4) is 0 Å². The monoisotopic (exact) mass is 293 g/mol. The standard InChI is InChI=1S/C13H19N5O3/c14-12(19)8-17(9-4-1-2-5-9)11-7-3-6-10(16-15)13(11)18(20)21/h3,6-7,9,16H,1-2,4-5,8,15H2,(H2,14,19). The van der Waals surface area contributed by atoms with Gasteiger partial charge in [-0.2, -0.15) is 0 Å². The second-order valence-corrected chi connectivity index (χ2v) is 5.11. The Bertz CT molecular complexity index is 543. The van der Waals surface area contributed by atoms with Gasteiger partial charge in [-0.05, 0) is 25.0 Å². The van der Waals surface area contributed by atoms with Gasteiger partial charge in [-0.3, -0.25) is 20.8 Å². The van der Waals surface area contributed by atoms with Crippen LogP contribution >= 0.6 is 0 Å². The Morgan fingerprint density at radius 2 is 2.10 bits per heavy atom. The number of nitro groups is 1. The molecule has 114 valence electrons. The van der Waals surface area contributed by atoms with E-state index in [1.807, 2.05) is 0 Å². The highest BCUT2D eigenvalue weighted by Gasteiger charge is 2.30. The molecule has 1 fully saturated rings. The summed E-state index contributed by atoms with van der Waals surface area (Å²) in [6.45, 7) is -0.0421. The van der Waals surface area contributed by atoms with Crippen LogP contribution < -0.4 is 21.9 Å². The Morgan fingerprint density at radius 1 is 1.43 bits per heavy atom. The second kappa shape index (κ2) is 6.40. The smallest absolute Gasteiger partial charge is 0.316 e. The average Bonchev–Trinajstić information content (AvgIpc) is 2.97. The zero-order chi connectivity index (χ0) is 15.4. The summed E-state index contributed by atoms with van der Waals surface area (Å²) in [5, 5.41) is 11.4. The molecule has 0 aromatic heterocycles. The molecule has 0 heterocycles. The van der Waals surface area contributed by atoms with Crippen LogP contribution in [0.25, 0.3) is 0 Å². The molecule has 1 aromatic rings. The van der Waals surface area contributed by atoms with Crippen molar-refractivity contribution < 1.29 is 9.72 Å². The minimum absolute atomic E-state index is 0.0421. The molecule has 5 N–H and O–H groups in total. The first kappa shape index (κ1) is 15.0. The van der Waals surface area contributed by atoms with E-state index in [0.717, 1.165) is 25.7 Å². The number of primary amides is 1. The molecule has 21 heavy (non-hydrogen) atoms. The quantitative estimate of drug-likeness (QED) is 0.409. The molecule has 1 saturated carbocycles. The van der Waals surface area contributed by atoms with Crippen LogP contribution in [0.1, 0.15) is 25.7 Å². The van der Waals surface area contributed by atoms with Gasteiger partial charge in [0.2, 0.25) is 5.91 Å². The minimum Gasteiger partial charge on any atom is -0.368 e. The summed E-state index contributed by atoms with van der Waals surface area (Å²) in [5.41, 5.74) is 8.09. The van der Waals surface area contributed by atoms with Crippen molar-refractivity contribution in [2.45, 2.75) is 31.7 Å². The number of nitrogens with two attached hydrogens (primary N) is 2. The number of benzene rings is 1. The lowest BCUT2D eigenvalue weighted by atomic mass is 10.1. The van der Waals surface area contributed by atoms with Gasteiger partial charge in [0.05, 0.1) is 11.5 Å². The Morgan fingerprint density at radius 3 is 2.62 bits per heavy atom. The number of hydrazine groups is 1. The molecule has 0 saturated heterocycles. The van der Waals surface area contributed by atoms with Crippen molar-refractivity contribution in [1.29, 1.82) is 0 Å². The molecule has 2 rings (SSSR count). The number of carbonyl (C=O) groups excluding carboxylic acids is 1. The van der Waals surface area contributed by atoms with Crippen molar-refractivity contribution in [3.05, 3.63) is 28.3 Å². The molecule has 0 radical (unpaired) electrons. The molecule has 1 aliphatic carbocycles. The maximum absolute atomic E-state index is 11.4. The first-order valence-corrected chi connectivity index (χ1v) is 6.83. The number of anilines is 2. The number of nitro benzene ring substituents is 1. The zero-order valence-corrected chi connectivity index (χ0v) is 11.6. The number of hydrogen-bond donors (Lipinski definition) is 3. The van der Waals surface area contributed by atoms with Crippen molar-refractivity contribution in [2.75, 3.05) is 16.9 Å². The zero-order valence-electron chi connectivity index (χ0n) is 11.6. The fourth-order valence-corrected chi connectivity index (χ4v) is 2.87. The van der Waals surface area contributed by atoms with Gasteiger partial charge in [-0.25, -0.2) is 0 Å². The Labute approximate surface area is 122 Å². The highest BCUT2D eigenvalue weighted by Crippen LogP contribution is 2.38. The van der Waals surface area contributed by atoms with Gasteiger partial charge in [-0.1, -0.05) is 18.9 Å². The van der Waals surface area contributed by atoms with Gasteiger partial charge < -0.3 is 16.1 Å². The summed E-state index contributed by atoms with van der Waals surface area (Å²) in [4.78, 5) is 24.0. The van der Waals surface area contributed by atoms with Gasteiger partial charge >= 0.3 is 5.69 Å². The van der Waals surface area contributed by atoms with Gasteiger partial charge in [0, 0.05) is 6.04 Å². The number of carbonyl (C=O) groups is 1. The van der Waals surface area contributed by atoms with E-state index in [9.17, 15) is 14.9 Å². The molecular weight excluding hydrogens is 274 g/mol. The Kier molecular flexibility index (Phi) is 4.59. The highest BCUT2D eigenvalue weighted by atomic mass is 16.6. The molecule has 1 aromatic carbocycles. The van der Waals surface area contributed by atoms with Crippen LogP contribution in [0.15, 0.2) is 18.2 Å². The van der Waals surface area contributed by atoms with Gasteiger partial charge in [0.25, 0.3) is 0 Å². The van der Waals surface area contributed by atoms with Gasteiger partial charge in [-0.15, -0.1) is 0 Å². The van der Waals surface area contributed by atoms with Crippen molar-refractivity contribution >= 4 is 23.0 Å². The van der Waals surface area contributed by atoms with E-state index in [2.05, 4.69) is 5.43 Å². The third kappa shape index (κ3) is 3.22. The molecule has 0 spiro atoms. The summed E-state index contributed by atoms with van der Waals surface area (Å²) in [7, 11) is 0. The molecular formula is C13H19N5O3. The predicted molar refractivity (Wildman–Crippen MR) is 79.7 cm³/mol. The molecule has 1 amide bonds. The van der Waals surface area contributed by atoms with Crippen LogP contribution in [-0.2, 0) is 4.79 Å². The molecule has 0 bridgehead atoms. The molecule has 0 aliphatic heterocycles. The summed E-state index contributed by atoms with van der Waals surface area (Å²) >= 11 is 0. The van der Waals surface area contributed by atoms with Crippen LogP contribution in [0, 0.1) is 10.1 Å². The van der Waals surface area contributed by atoms with E-state index in [1.54, 1.807) is 17.0 Å². The van der Waals surface area contributed by atoms with Gasteiger partial charge in [0.1, 0.15) is 11.4 Å². The molecule has 8 heteroatoms. The second-order valence-electron chi connectivity index (χ2n) is 5.11. The number of nitrogen functional groups attached to an aromatic ring is 1.